The summed E-state index contributed by atoms with van der Waals surface area (Å²) in [5, 5.41) is 72.0. The zero-order valence-electron chi connectivity index (χ0n) is 40.9. The van der Waals surface area contributed by atoms with Crippen LogP contribution in [0.4, 0.5) is 0 Å². The van der Waals surface area contributed by atoms with E-state index in [4.69, 9.17) is 28.4 Å². The number of carbonyl (C=O) groups excluding carboxylic acids is 2. The number of aliphatic hydroxyl groups is 7. The summed E-state index contributed by atoms with van der Waals surface area (Å²) in [6, 6.07) is 0. The number of rotatable bonds is 39. The summed E-state index contributed by atoms with van der Waals surface area (Å²) in [7, 11) is 0. The molecular formula is C52H90O15. The van der Waals surface area contributed by atoms with Crippen molar-refractivity contribution in [1.82, 2.24) is 0 Å². The molecule has 0 aromatic rings. The van der Waals surface area contributed by atoms with E-state index in [1.165, 1.54) is 57.8 Å². The highest BCUT2D eigenvalue weighted by molar-refractivity contribution is 5.70. The third kappa shape index (κ3) is 27.4. The van der Waals surface area contributed by atoms with Gasteiger partial charge in [-0.25, -0.2) is 0 Å². The Kier molecular flexibility index (Phi) is 35.5. The molecule has 67 heavy (non-hydrogen) atoms. The third-order valence-electron chi connectivity index (χ3n) is 12.1. The van der Waals surface area contributed by atoms with Gasteiger partial charge in [-0.2, -0.15) is 0 Å². The first kappa shape index (κ1) is 60.6. The van der Waals surface area contributed by atoms with Gasteiger partial charge in [0.1, 0.15) is 55.4 Å². The Balaban J connectivity index is 1.74. The van der Waals surface area contributed by atoms with Crippen LogP contribution in [-0.4, -0.2) is 142 Å². The van der Waals surface area contributed by atoms with E-state index in [0.717, 1.165) is 77.0 Å². The summed E-state index contributed by atoms with van der Waals surface area (Å²) in [6.07, 6.45) is 25.9. The van der Waals surface area contributed by atoms with Gasteiger partial charge in [-0.3, -0.25) is 9.59 Å². The fourth-order valence-corrected chi connectivity index (χ4v) is 7.85. The third-order valence-corrected chi connectivity index (χ3v) is 12.1. The highest BCUT2D eigenvalue weighted by Gasteiger charge is 2.47. The molecule has 2 heterocycles. The van der Waals surface area contributed by atoms with E-state index in [9.17, 15) is 45.3 Å². The molecule has 388 valence electrons. The van der Waals surface area contributed by atoms with Crippen LogP contribution in [0.15, 0.2) is 48.6 Å². The van der Waals surface area contributed by atoms with Gasteiger partial charge in [0, 0.05) is 12.8 Å². The molecule has 2 fully saturated rings. The molecule has 11 atom stereocenters. The molecule has 15 heteroatoms. The van der Waals surface area contributed by atoms with Crippen LogP contribution in [0, 0.1) is 0 Å². The van der Waals surface area contributed by atoms with Gasteiger partial charge in [0.25, 0.3) is 0 Å². The molecule has 0 aromatic carbocycles. The monoisotopic (exact) mass is 955 g/mol. The Morgan fingerprint density at radius 3 is 1.48 bits per heavy atom. The molecule has 11 unspecified atom stereocenters. The Labute approximate surface area is 401 Å². The van der Waals surface area contributed by atoms with Crippen LogP contribution in [0.1, 0.15) is 174 Å². The first-order valence-corrected chi connectivity index (χ1v) is 25.7. The normalized spacial score (nSPS) is 26.3. The number of ether oxygens (including phenoxy) is 6. The van der Waals surface area contributed by atoms with Crippen LogP contribution in [0.5, 0.6) is 0 Å². The van der Waals surface area contributed by atoms with Crippen molar-refractivity contribution < 1.29 is 73.8 Å². The lowest BCUT2D eigenvalue weighted by Crippen LogP contribution is -2.61. The van der Waals surface area contributed by atoms with E-state index in [-0.39, 0.29) is 26.1 Å². The minimum Gasteiger partial charge on any atom is -0.462 e. The van der Waals surface area contributed by atoms with Gasteiger partial charge in [0.2, 0.25) is 0 Å². The predicted molar refractivity (Wildman–Crippen MR) is 257 cm³/mol. The predicted octanol–water partition coefficient (Wildman–Crippen LogP) is 7.10. The molecule has 0 radical (unpaired) electrons. The van der Waals surface area contributed by atoms with Crippen LogP contribution in [0.2, 0.25) is 0 Å². The number of hydrogen-bond donors (Lipinski definition) is 7. The lowest BCUT2D eigenvalue weighted by Gasteiger charge is -2.42. The van der Waals surface area contributed by atoms with Crippen molar-refractivity contribution in [3.63, 3.8) is 0 Å². The standard InChI is InChI=1S/C52H90O15/c1-3-5-7-9-11-13-14-15-16-17-18-19-20-21-22-23-24-25-26-27-29-31-33-35-44(55)65-40(37-62-43(54)34-32-30-28-12-10-8-6-4-2)38-63-51-50(61)48(59)46(57)42(67-51)39-64-52-49(60)47(58)45(56)41(36-53)66-52/h5,7,11,13,15-16,18-19,40-42,45-53,56-61H,3-4,6,8-10,12,14,17,20-39H2,1-2H3/b7-5-,13-11-,16-15-,19-18-. The molecular weight excluding hydrogens is 865 g/mol. The molecule has 0 spiro atoms. The fourth-order valence-electron chi connectivity index (χ4n) is 7.85. The first-order valence-electron chi connectivity index (χ1n) is 25.7. The molecule has 2 rings (SSSR count). The van der Waals surface area contributed by atoms with E-state index in [0.29, 0.717) is 12.8 Å². The second-order valence-electron chi connectivity index (χ2n) is 18.0. The number of hydrogen-bond acceptors (Lipinski definition) is 15. The number of carbonyl (C=O) groups is 2. The van der Waals surface area contributed by atoms with Crippen LogP contribution in [0.25, 0.3) is 0 Å². The zero-order chi connectivity index (χ0) is 48.9. The quantitative estimate of drug-likeness (QED) is 0.0185. The molecule has 2 aliphatic rings. The average molecular weight is 955 g/mol. The molecule has 7 N–H and O–H groups in total. The molecule has 0 aromatic heterocycles. The van der Waals surface area contributed by atoms with Crippen molar-refractivity contribution in [2.24, 2.45) is 0 Å². The maximum Gasteiger partial charge on any atom is 0.306 e. The molecule has 2 aliphatic heterocycles. The van der Waals surface area contributed by atoms with Gasteiger partial charge in [-0.05, 0) is 51.4 Å². The lowest BCUT2D eigenvalue weighted by molar-refractivity contribution is -0.332. The van der Waals surface area contributed by atoms with Crippen molar-refractivity contribution in [3.8, 4) is 0 Å². The van der Waals surface area contributed by atoms with Crippen molar-refractivity contribution in [2.75, 3.05) is 26.4 Å². The lowest BCUT2D eigenvalue weighted by atomic mass is 9.98. The minimum atomic E-state index is -1.76. The first-order chi connectivity index (χ1) is 32.5. The maximum atomic E-state index is 13.0. The van der Waals surface area contributed by atoms with E-state index in [2.05, 4.69) is 62.5 Å². The maximum absolute atomic E-state index is 13.0. The van der Waals surface area contributed by atoms with Gasteiger partial charge in [-0.1, -0.05) is 159 Å². The summed E-state index contributed by atoms with van der Waals surface area (Å²) in [6.45, 7) is 2.43. The molecule has 2 saturated heterocycles. The Hall–Kier alpha value is -2.54. The second kappa shape index (κ2) is 39.2. The molecule has 0 saturated carbocycles. The van der Waals surface area contributed by atoms with Crippen LogP contribution in [-0.2, 0) is 38.0 Å². The van der Waals surface area contributed by atoms with E-state index in [1.807, 2.05) is 0 Å². The van der Waals surface area contributed by atoms with Crippen LogP contribution >= 0.6 is 0 Å². The largest absolute Gasteiger partial charge is 0.462 e. The van der Waals surface area contributed by atoms with Crippen molar-refractivity contribution in [1.29, 1.82) is 0 Å². The van der Waals surface area contributed by atoms with Gasteiger partial charge in [-0.15, -0.1) is 0 Å². The van der Waals surface area contributed by atoms with Crippen molar-refractivity contribution in [3.05, 3.63) is 48.6 Å². The van der Waals surface area contributed by atoms with Gasteiger partial charge in [0.05, 0.1) is 19.8 Å². The number of unbranched alkanes of at least 4 members (excludes halogenated alkanes) is 17. The summed E-state index contributed by atoms with van der Waals surface area (Å²) < 4.78 is 33.5. The smallest absolute Gasteiger partial charge is 0.306 e. The Morgan fingerprint density at radius 1 is 0.493 bits per heavy atom. The minimum absolute atomic E-state index is 0.160. The van der Waals surface area contributed by atoms with Crippen LogP contribution in [0.3, 0.4) is 0 Å². The molecule has 15 nitrogen and oxygen atoms in total. The number of allylic oxidation sites excluding steroid dienone is 8. The van der Waals surface area contributed by atoms with E-state index >= 15 is 0 Å². The average Bonchev–Trinajstić information content (AvgIpc) is 3.32. The summed E-state index contributed by atoms with van der Waals surface area (Å²) in [5.74, 6) is -0.934. The van der Waals surface area contributed by atoms with Crippen molar-refractivity contribution >= 4 is 11.9 Å². The highest BCUT2D eigenvalue weighted by atomic mass is 16.7. The second-order valence-corrected chi connectivity index (χ2v) is 18.0. The van der Waals surface area contributed by atoms with E-state index < -0.39 is 92.7 Å². The Morgan fingerprint density at radius 2 is 0.940 bits per heavy atom. The molecule has 0 amide bonds. The Bertz CT molecular complexity index is 1350. The fraction of sp³-hybridized carbons (Fsp3) is 0.808. The SMILES string of the molecule is CC/C=C\C/C=C\C/C=C\C/C=C\CCCCCCCCCCCCC(=O)OC(COC(=O)CCCCCCCCCC)COC1OC(COC2OC(CO)C(O)C(O)C2O)C(O)C(O)C1O. The molecule has 0 aliphatic carbocycles. The summed E-state index contributed by atoms with van der Waals surface area (Å²) >= 11 is 0. The zero-order valence-corrected chi connectivity index (χ0v) is 40.9. The van der Waals surface area contributed by atoms with Crippen molar-refractivity contribution in [2.45, 2.75) is 242 Å². The number of aliphatic hydroxyl groups excluding tert-OH is 7. The van der Waals surface area contributed by atoms with Gasteiger partial charge >= 0.3 is 11.9 Å². The van der Waals surface area contributed by atoms with Crippen LogP contribution < -0.4 is 0 Å². The summed E-state index contributed by atoms with van der Waals surface area (Å²) in [4.78, 5) is 25.6. The number of esters is 2. The van der Waals surface area contributed by atoms with E-state index in [1.54, 1.807) is 0 Å². The van der Waals surface area contributed by atoms with Gasteiger partial charge in [0.15, 0.2) is 18.7 Å². The highest BCUT2D eigenvalue weighted by Crippen LogP contribution is 2.26. The topological polar surface area (TPSA) is 231 Å². The summed E-state index contributed by atoms with van der Waals surface area (Å²) in [5.41, 5.74) is 0. The van der Waals surface area contributed by atoms with Gasteiger partial charge < -0.3 is 64.2 Å². The molecule has 0 bridgehead atoms.